The smallest absolute Gasteiger partial charge is 0.316 e. The third-order valence-electron chi connectivity index (χ3n) is 8.47. The van der Waals surface area contributed by atoms with Crippen LogP contribution < -0.4 is 4.90 Å². The van der Waals surface area contributed by atoms with E-state index in [2.05, 4.69) is 41.9 Å². The Morgan fingerprint density at radius 3 is 2.65 bits per heavy atom. The number of carbonyl (C=O) groups is 1. The molecular weight excluding hydrogens is 546 g/mol. The number of aromatic hydroxyl groups is 1. The number of ether oxygens (including phenoxy) is 1. The molecule has 2 fully saturated rings. The largest absolute Gasteiger partial charge is 0.507 e. The Balaban J connectivity index is 1.15. The molecule has 1 aromatic carbocycles. The van der Waals surface area contributed by atoms with E-state index in [9.17, 15) is 9.90 Å². The number of rotatable bonds is 8. The van der Waals surface area contributed by atoms with E-state index in [0.717, 1.165) is 43.4 Å². The van der Waals surface area contributed by atoms with Crippen LogP contribution in [-0.2, 0) is 9.53 Å². The van der Waals surface area contributed by atoms with Crippen molar-refractivity contribution < 1.29 is 19.2 Å². The average Bonchev–Trinajstić information content (AvgIpc) is 3.39. The van der Waals surface area contributed by atoms with Gasteiger partial charge in [0, 0.05) is 48.6 Å². The van der Waals surface area contributed by atoms with E-state index in [-0.39, 0.29) is 23.6 Å². The van der Waals surface area contributed by atoms with Gasteiger partial charge in [-0.25, -0.2) is 9.97 Å². The van der Waals surface area contributed by atoms with Crippen molar-refractivity contribution in [3.63, 3.8) is 0 Å². The number of anilines is 1. The second kappa shape index (κ2) is 10.8. The Bertz CT molecular complexity index is 1810. The second-order valence-electron chi connectivity index (χ2n) is 11.7. The predicted molar refractivity (Wildman–Crippen MR) is 160 cm³/mol. The summed E-state index contributed by atoms with van der Waals surface area (Å²) >= 11 is 0. The van der Waals surface area contributed by atoms with Gasteiger partial charge in [-0.15, -0.1) is 10.2 Å². The molecule has 43 heavy (non-hydrogen) atoms. The molecule has 5 heterocycles. The highest BCUT2D eigenvalue weighted by molar-refractivity contribution is 5.82. The van der Waals surface area contributed by atoms with Crippen molar-refractivity contribution in [1.82, 2.24) is 29.9 Å². The summed E-state index contributed by atoms with van der Waals surface area (Å²) in [5.41, 5.74) is 5.70. The van der Waals surface area contributed by atoms with Crippen LogP contribution in [0.15, 0.2) is 59.3 Å². The lowest BCUT2D eigenvalue weighted by Gasteiger charge is -2.18. The van der Waals surface area contributed by atoms with E-state index in [1.54, 1.807) is 30.5 Å². The number of hydrogen-bond donors (Lipinski definition) is 1. The molecule has 0 spiro atoms. The maximum absolute atomic E-state index is 12.3. The quantitative estimate of drug-likeness (QED) is 0.235. The van der Waals surface area contributed by atoms with Crippen molar-refractivity contribution in [3.05, 3.63) is 66.2 Å². The molecular formula is C32H33N7O4. The van der Waals surface area contributed by atoms with E-state index in [1.165, 1.54) is 12.8 Å². The lowest BCUT2D eigenvalue weighted by Crippen LogP contribution is -2.22. The maximum atomic E-state index is 12.3. The third kappa shape index (κ3) is 4.98. The number of aromatic nitrogens is 6. The molecule has 11 nitrogen and oxygen atoms in total. The van der Waals surface area contributed by atoms with Crippen LogP contribution >= 0.6 is 0 Å². The molecule has 5 aromatic rings. The molecule has 2 aliphatic rings. The number of phenols is 1. The van der Waals surface area contributed by atoms with Gasteiger partial charge in [0.05, 0.1) is 24.0 Å². The highest BCUT2D eigenvalue weighted by Gasteiger charge is 2.35. The van der Waals surface area contributed by atoms with Gasteiger partial charge in [-0.1, -0.05) is 31.1 Å². The SMILES string of the molecule is COC(=O)C(c1cc(-c2ccnc(N3CC[C@@H](c4cc5nnc(-c6ccccc6O)cc5n4C4CC4)C3)n2)no1)C(C)C. The van der Waals surface area contributed by atoms with E-state index < -0.39 is 5.92 Å². The van der Waals surface area contributed by atoms with Crippen molar-refractivity contribution in [2.45, 2.75) is 51.0 Å². The number of carbonyl (C=O) groups excluding carboxylic acids is 1. The lowest BCUT2D eigenvalue weighted by atomic mass is 9.93. The van der Waals surface area contributed by atoms with Gasteiger partial charge in [-0.2, -0.15) is 0 Å². The molecule has 1 aliphatic carbocycles. The van der Waals surface area contributed by atoms with Gasteiger partial charge < -0.3 is 23.8 Å². The van der Waals surface area contributed by atoms with Crippen LogP contribution in [0.4, 0.5) is 5.95 Å². The first kappa shape index (κ1) is 27.1. The fourth-order valence-corrected chi connectivity index (χ4v) is 6.14. The van der Waals surface area contributed by atoms with Gasteiger partial charge in [0.2, 0.25) is 5.95 Å². The molecule has 0 radical (unpaired) electrons. The van der Waals surface area contributed by atoms with Crippen LogP contribution in [-0.4, -0.2) is 61.2 Å². The highest BCUT2D eigenvalue weighted by Crippen LogP contribution is 2.43. The maximum Gasteiger partial charge on any atom is 0.316 e. The Labute approximate surface area is 248 Å². The van der Waals surface area contributed by atoms with Gasteiger partial charge in [0.1, 0.15) is 22.9 Å². The van der Waals surface area contributed by atoms with Crippen LogP contribution in [0.3, 0.4) is 0 Å². The zero-order chi connectivity index (χ0) is 29.7. The fourth-order valence-electron chi connectivity index (χ4n) is 6.14. The summed E-state index contributed by atoms with van der Waals surface area (Å²) in [4.78, 5) is 23.9. The van der Waals surface area contributed by atoms with Gasteiger partial charge in [-0.3, -0.25) is 4.79 Å². The molecule has 220 valence electrons. The van der Waals surface area contributed by atoms with E-state index in [1.807, 2.05) is 26.0 Å². The van der Waals surface area contributed by atoms with E-state index >= 15 is 0 Å². The number of nitrogens with zero attached hydrogens (tertiary/aromatic N) is 7. The van der Waals surface area contributed by atoms with E-state index in [4.69, 9.17) is 14.2 Å². The molecule has 1 aliphatic heterocycles. The molecule has 4 aromatic heterocycles. The Morgan fingerprint density at radius 1 is 1.05 bits per heavy atom. The summed E-state index contributed by atoms with van der Waals surface area (Å²) in [6, 6.07) is 15.5. The first-order valence-corrected chi connectivity index (χ1v) is 14.7. The van der Waals surface area contributed by atoms with Crippen molar-refractivity contribution in [2.24, 2.45) is 5.92 Å². The van der Waals surface area contributed by atoms with Gasteiger partial charge in [-0.05, 0) is 55.5 Å². The highest BCUT2D eigenvalue weighted by atomic mass is 16.5. The molecule has 11 heteroatoms. The van der Waals surface area contributed by atoms with Gasteiger partial charge in [0.15, 0.2) is 5.76 Å². The summed E-state index contributed by atoms with van der Waals surface area (Å²) in [5.74, 6) is 0.664. The summed E-state index contributed by atoms with van der Waals surface area (Å²) < 4.78 is 13.0. The normalized spacial score (nSPS) is 17.6. The molecule has 1 N–H and O–H groups in total. The lowest BCUT2D eigenvalue weighted by molar-refractivity contribution is -0.144. The van der Waals surface area contributed by atoms with Gasteiger partial charge >= 0.3 is 5.97 Å². The molecule has 0 amide bonds. The minimum Gasteiger partial charge on any atom is -0.507 e. The van der Waals surface area contributed by atoms with Crippen molar-refractivity contribution in [3.8, 4) is 28.4 Å². The summed E-state index contributed by atoms with van der Waals surface area (Å²) in [7, 11) is 1.38. The number of esters is 1. The molecule has 1 saturated carbocycles. The van der Waals surface area contributed by atoms with Crippen LogP contribution in [0.5, 0.6) is 5.75 Å². The summed E-state index contributed by atoms with van der Waals surface area (Å²) in [6.45, 7) is 5.47. The minimum atomic E-state index is -0.538. The molecule has 0 bridgehead atoms. The summed E-state index contributed by atoms with van der Waals surface area (Å²) in [5, 5.41) is 23.6. The minimum absolute atomic E-state index is 0.00923. The number of fused-ring (bicyclic) bond motifs is 1. The monoisotopic (exact) mass is 579 g/mol. The molecule has 7 rings (SSSR count). The van der Waals surface area contributed by atoms with Crippen molar-refractivity contribution >= 4 is 23.0 Å². The Kier molecular flexibility index (Phi) is 6.79. The zero-order valence-corrected chi connectivity index (χ0v) is 24.3. The van der Waals surface area contributed by atoms with Crippen LogP contribution in [0.1, 0.15) is 62.4 Å². The van der Waals surface area contributed by atoms with Crippen molar-refractivity contribution in [2.75, 3.05) is 25.1 Å². The second-order valence-corrected chi connectivity index (χ2v) is 11.7. The van der Waals surface area contributed by atoms with Gasteiger partial charge in [0.25, 0.3) is 0 Å². The Morgan fingerprint density at radius 2 is 1.88 bits per heavy atom. The third-order valence-corrected chi connectivity index (χ3v) is 8.47. The van der Waals surface area contributed by atoms with E-state index in [0.29, 0.717) is 40.4 Å². The number of methoxy groups -OCH3 is 1. The first-order valence-electron chi connectivity index (χ1n) is 14.7. The van der Waals surface area contributed by atoms with Crippen molar-refractivity contribution in [1.29, 1.82) is 0 Å². The standard InChI is InChI=1S/C32H33N7O4/c1-18(2)30(31(41)42-3)29-16-24(37-43-29)22-10-12-33-32(34-22)38-13-11-19(17-38)26-15-25-27(39(26)20-8-9-20)14-23(35-36-25)21-6-4-5-7-28(21)40/h4-7,10,12,14-16,18-20,30,40H,8-9,11,13,17H2,1-3H3/t19-,30?/m1/s1. The molecule has 1 saturated heterocycles. The first-order chi connectivity index (χ1) is 20.9. The Hall–Kier alpha value is -4.80. The van der Waals surface area contributed by atoms with Crippen LogP contribution in [0, 0.1) is 5.92 Å². The fraction of sp³-hybridized carbons (Fsp3) is 0.375. The molecule has 1 unspecified atom stereocenters. The average molecular weight is 580 g/mol. The number of benzene rings is 1. The predicted octanol–water partition coefficient (Wildman–Crippen LogP) is 5.49. The number of hydrogen-bond acceptors (Lipinski definition) is 10. The zero-order valence-electron chi connectivity index (χ0n) is 24.3. The number of para-hydroxylation sites is 1. The summed E-state index contributed by atoms with van der Waals surface area (Å²) in [6.07, 6.45) is 4.97. The van der Waals surface area contributed by atoms with Crippen LogP contribution in [0.25, 0.3) is 33.7 Å². The van der Waals surface area contributed by atoms with Crippen LogP contribution in [0.2, 0.25) is 0 Å². The number of phenolic OH excluding ortho intramolecular Hbond substituents is 1. The topological polar surface area (TPSA) is 132 Å². The molecule has 2 atom stereocenters.